The molecule has 1 N–H and O–H groups in total. The number of thioether (sulfide) groups is 1. The largest absolute Gasteiger partial charge is 0.301 e. The van der Waals surface area contributed by atoms with Crippen LogP contribution in [0.1, 0.15) is 36.8 Å². The summed E-state index contributed by atoms with van der Waals surface area (Å²) in [5.74, 6) is -0.0962. The summed E-state index contributed by atoms with van der Waals surface area (Å²) in [7, 11) is 0. The predicted molar refractivity (Wildman–Crippen MR) is 84.6 cm³/mol. The van der Waals surface area contributed by atoms with Crippen LogP contribution in [0.15, 0.2) is 34.2 Å². The molecular formula is C16H15N3OS. The highest BCUT2D eigenvalue weighted by atomic mass is 32.2. The number of nitriles is 1. The highest BCUT2D eigenvalue weighted by molar-refractivity contribution is 8.18. The van der Waals surface area contributed by atoms with Gasteiger partial charge in [-0.25, -0.2) is 0 Å². The van der Waals surface area contributed by atoms with Crippen molar-refractivity contribution in [3.63, 3.8) is 0 Å². The van der Waals surface area contributed by atoms with Crippen LogP contribution in [0.2, 0.25) is 0 Å². The summed E-state index contributed by atoms with van der Waals surface area (Å²) in [5, 5.41) is 12.3. The number of benzene rings is 1. The minimum Gasteiger partial charge on any atom is -0.301 e. The molecule has 0 unspecified atom stereocenters. The monoisotopic (exact) mass is 297 g/mol. The maximum absolute atomic E-state index is 12.0. The van der Waals surface area contributed by atoms with E-state index in [9.17, 15) is 4.79 Å². The Morgan fingerprint density at radius 1 is 1.29 bits per heavy atom. The van der Waals surface area contributed by atoms with Gasteiger partial charge in [0, 0.05) is 0 Å². The Hall–Kier alpha value is -2.06. The number of carbonyl (C=O) groups excluding carboxylic acids is 1. The summed E-state index contributed by atoms with van der Waals surface area (Å²) in [5.41, 5.74) is 1.53. The number of nitrogens with one attached hydrogen (secondary N) is 1. The highest BCUT2D eigenvalue weighted by Crippen LogP contribution is 2.28. The van der Waals surface area contributed by atoms with E-state index in [0.29, 0.717) is 21.7 Å². The first-order valence-corrected chi connectivity index (χ1v) is 7.85. The Balaban J connectivity index is 1.74. The number of rotatable bonds is 2. The summed E-state index contributed by atoms with van der Waals surface area (Å²) in [6, 6.07) is 9.62. The first-order valence-electron chi connectivity index (χ1n) is 7.03. The molecule has 1 aromatic rings. The molecule has 2 aliphatic rings. The van der Waals surface area contributed by atoms with Crippen LogP contribution in [-0.4, -0.2) is 17.1 Å². The molecule has 0 spiro atoms. The van der Waals surface area contributed by atoms with E-state index >= 15 is 0 Å². The molecule has 1 saturated carbocycles. The molecule has 0 bridgehead atoms. The van der Waals surface area contributed by atoms with Crippen LogP contribution in [0, 0.1) is 11.3 Å². The number of carbonyl (C=O) groups is 1. The third-order valence-electron chi connectivity index (χ3n) is 3.61. The number of aliphatic imine (C=N–C) groups is 1. The first-order chi connectivity index (χ1) is 10.2. The first kappa shape index (κ1) is 13.9. The fourth-order valence-corrected chi connectivity index (χ4v) is 3.39. The lowest BCUT2D eigenvalue weighted by Gasteiger charge is -2.02. The summed E-state index contributed by atoms with van der Waals surface area (Å²) >= 11 is 1.40. The Morgan fingerprint density at radius 2 is 2.00 bits per heavy atom. The van der Waals surface area contributed by atoms with E-state index in [-0.39, 0.29) is 5.91 Å². The van der Waals surface area contributed by atoms with Crippen molar-refractivity contribution in [3.05, 3.63) is 40.3 Å². The van der Waals surface area contributed by atoms with E-state index < -0.39 is 0 Å². The van der Waals surface area contributed by atoms with Crippen molar-refractivity contribution in [1.29, 1.82) is 5.26 Å². The second-order valence-corrected chi connectivity index (χ2v) is 6.20. The third-order valence-corrected chi connectivity index (χ3v) is 4.54. The molecule has 1 aliphatic carbocycles. The molecular weight excluding hydrogens is 282 g/mol. The number of amides is 1. The van der Waals surface area contributed by atoms with E-state index in [1.807, 2.05) is 18.2 Å². The van der Waals surface area contributed by atoms with Gasteiger partial charge in [0.25, 0.3) is 5.91 Å². The van der Waals surface area contributed by atoms with Crippen molar-refractivity contribution in [2.75, 3.05) is 0 Å². The molecule has 1 aromatic carbocycles. The van der Waals surface area contributed by atoms with E-state index in [4.69, 9.17) is 5.26 Å². The number of hydrogen-bond donors (Lipinski definition) is 1. The maximum atomic E-state index is 12.0. The van der Waals surface area contributed by atoms with Crippen LogP contribution >= 0.6 is 11.8 Å². The molecule has 0 atom stereocenters. The predicted octanol–water partition coefficient (Wildman–Crippen LogP) is 3.06. The lowest BCUT2D eigenvalue weighted by molar-refractivity contribution is -0.115. The summed E-state index contributed by atoms with van der Waals surface area (Å²) < 4.78 is 0. The van der Waals surface area contributed by atoms with Crippen molar-refractivity contribution >= 4 is 28.9 Å². The average molecular weight is 297 g/mol. The SMILES string of the molecule is N#Cc1ccc(/C=C2/SC(=NC3CCCC3)NC2=O)cc1. The van der Waals surface area contributed by atoms with Crippen molar-refractivity contribution in [1.82, 2.24) is 5.32 Å². The van der Waals surface area contributed by atoms with Gasteiger partial charge in [-0.15, -0.1) is 0 Å². The van der Waals surface area contributed by atoms with Crippen LogP contribution in [0.25, 0.3) is 6.08 Å². The zero-order valence-corrected chi connectivity index (χ0v) is 12.3. The van der Waals surface area contributed by atoms with Crippen LogP contribution in [-0.2, 0) is 4.79 Å². The Bertz CT molecular complexity index is 649. The van der Waals surface area contributed by atoms with E-state index in [0.717, 1.165) is 18.4 Å². The molecule has 2 fully saturated rings. The molecule has 1 saturated heterocycles. The van der Waals surface area contributed by atoms with Crippen LogP contribution < -0.4 is 5.32 Å². The second-order valence-electron chi connectivity index (χ2n) is 5.17. The van der Waals surface area contributed by atoms with E-state index in [1.165, 1.54) is 24.6 Å². The van der Waals surface area contributed by atoms with Crippen molar-refractivity contribution in [3.8, 4) is 6.07 Å². The lowest BCUT2D eigenvalue weighted by Crippen LogP contribution is -2.21. The van der Waals surface area contributed by atoms with Gasteiger partial charge in [0.2, 0.25) is 0 Å². The molecule has 0 aromatic heterocycles. The Labute approximate surface area is 128 Å². The fraction of sp³-hybridized carbons (Fsp3) is 0.312. The molecule has 5 heteroatoms. The number of nitrogens with zero attached hydrogens (tertiary/aromatic N) is 2. The minimum atomic E-state index is -0.0962. The van der Waals surface area contributed by atoms with Gasteiger partial charge in [-0.05, 0) is 48.4 Å². The number of amidine groups is 1. The summed E-state index contributed by atoms with van der Waals surface area (Å²) in [4.78, 5) is 17.2. The molecule has 106 valence electrons. The molecule has 1 amide bonds. The molecule has 1 aliphatic heterocycles. The minimum absolute atomic E-state index is 0.0962. The Kier molecular flexibility index (Phi) is 4.07. The van der Waals surface area contributed by atoms with Crippen LogP contribution in [0.5, 0.6) is 0 Å². The fourth-order valence-electron chi connectivity index (χ4n) is 2.49. The van der Waals surface area contributed by atoms with Crippen LogP contribution in [0.4, 0.5) is 0 Å². The zero-order valence-electron chi connectivity index (χ0n) is 11.5. The third kappa shape index (κ3) is 3.34. The topological polar surface area (TPSA) is 65.2 Å². The van der Waals surface area contributed by atoms with Gasteiger partial charge < -0.3 is 5.32 Å². The van der Waals surface area contributed by atoms with Gasteiger partial charge in [-0.3, -0.25) is 9.79 Å². The Morgan fingerprint density at radius 3 is 2.67 bits per heavy atom. The molecule has 21 heavy (non-hydrogen) atoms. The smallest absolute Gasteiger partial charge is 0.264 e. The standard InChI is InChI=1S/C16H15N3OS/c17-10-12-7-5-11(6-8-12)9-14-15(20)19-16(21-14)18-13-3-1-2-4-13/h5-9,13H,1-4H2,(H,18,19,20)/b14-9+. The normalized spacial score (nSPS) is 22.7. The van der Waals surface area contributed by atoms with Crippen molar-refractivity contribution in [2.24, 2.45) is 4.99 Å². The lowest BCUT2D eigenvalue weighted by atomic mass is 10.1. The maximum Gasteiger partial charge on any atom is 0.264 e. The summed E-state index contributed by atoms with van der Waals surface area (Å²) in [6.07, 6.45) is 6.53. The number of hydrogen-bond acceptors (Lipinski definition) is 4. The summed E-state index contributed by atoms with van der Waals surface area (Å²) in [6.45, 7) is 0. The van der Waals surface area contributed by atoms with E-state index in [1.54, 1.807) is 12.1 Å². The molecule has 0 radical (unpaired) electrons. The van der Waals surface area contributed by atoms with E-state index in [2.05, 4.69) is 16.4 Å². The van der Waals surface area contributed by atoms with Gasteiger partial charge in [0.1, 0.15) is 0 Å². The van der Waals surface area contributed by atoms with Gasteiger partial charge in [-0.2, -0.15) is 5.26 Å². The second kappa shape index (κ2) is 6.15. The highest BCUT2D eigenvalue weighted by Gasteiger charge is 2.25. The molecule has 1 heterocycles. The van der Waals surface area contributed by atoms with Gasteiger partial charge in [0.15, 0.2) is 5.17 Å². The average Bonchev–Trinajstić information content (AvgIpc) is 3.11. The molecule has 3 rings (SSSR count). The van der Waals surface area contributed by atoms with Crippen molar-refractivity contribution in [2.45, 2.75) is 31.7 Å². The van der Waals surface area contributed by atoms with Crippen LogP contribution in [0.3, 0.4) is 0 Å². The van der Waals surface area contributed by atoms with Gasteiger partial charge in [-0.1, -0.05) is 25.0 Å². The molecule has 4 nitrogen and oxygen atoms in total. The van der Waals surface area contributed by atoms with Gasteiger partial charge in [0.05, 0.1) is 22.6 Å². The van der Waals surface area contributed by atoms with Gasteiger partial charge >= 0.3 is 0 Å². The quantitative estimate of drug-likeness (QED) is 0.853. The zero-order chi connectivity index (χ0) is 14.7. The van der Waals surface area contributed by atoms with Crippen molar-refractivity contribution < 1.29 is 4.79 Å².